The molecule has 3 heteroatoms. The van der Waals surface area contributed by atoms with Crippen LogP contribution in [0.25, 0.3) is 0 Å². The van der Waals surface area contributed by atoms with Crippen LogP contribution in [0, 0.1) is 23.7 Å². The van der Waals surface area contributed by atoms with Gasteiger partial charge in [-0.2, -0.15) is 0 Å². The van der Waals surface area contributed by atoms with Crippen LogP contribution in [-0.4, -0.2) is 12.1 Å². The van der Waals surface area contributed by atoms with Crippen LogP contribution in [0.2, 0.25) is 0 Å². The monoisotopic (exact) mass is 222 g/mol. The minimum atomic E-state index is -0.316. The van der Waals surface area contributed by atoms with E-state index in [1.807, 2.05) is 0 Å². The van der Waals surface area contributed by atoms with Crippen molar-refractivity contribution in [3.8, 4) is 0 Å². The van der Waals surface area contributed by atoms with Crippen LogP contribution in [0.1, 0.15) is 44.9 Å². The summed E-state index contributed by atoms with van der Waals surface area (Å²) in [6.07, 6.45) is 9.50. The van der Waals surface area contributed by atoms with Crippen LogP contribution in [0.3, 0.4) is 0 Å². The lowest BCUT2D eigenvalue weighted by Gasteiger charge is -2.42. The Bertz CT molecular complexity index is 272. The van der Waals surface area contributed by atoms with E-state index in [1.165, 1.54) is 44.9 Å². The molecule has 0 aromatic rings. The molecule has 0 aromatic carbocycles. The standard InChI is InChI=1S/C13H22N2O/c14-13(16)15-12-10-5-1-3-8(10)7-9-4-2-6-11(9)12/h8-12H,1-7H2,(H3,14,15,16). The van der Waals surface area contributed by atoms with Crippen molar-refractivity contribution in [3.63, 3.8) is 0 Å². The maximum Gasteiger partial charge on any atom is 0.312 e. The molecule has 4 unspecified atom stereocenters. The zero-order valence-corrected chi connectivity index (χ0v) is 9.82. The first kappa shape index (κ1) is 10.4. The minimum Gasteiger partial charge on any atom is -0.352 e. The summed E-state index contributed by atoms with van der Waals surface area (Å²) in [6, 6.07) is 0.0782. The molecule has 0 spiro atoms. The molecule has 3 aliphatic rings. The highest BCUT2D eigenvalue weighted by atomic mass is 16.2. The zero-order chi connectivity index (χ0) is 11.1. The topological polar surface area (TPSA) is 55.1 Å². The summed E-state index contributed by atoms with van der Waals surface area (Å²) in [5, 5.41) is 3.06. The largest absolute Gasteiger partial charge is 0.352 e. The summed E-state index contributed by atoms with van der Waals surface area (Å²) < 4.78 is 0. The predicted molar refractivity (Wildman–Crippen MR) is 62.8 cm³/mol. The van der Waals surface area contributed by atoms with E-state index in [0.29, 0.717) is 6.04 Å². The predicted octanol–water partition coefficient (Wildman–Crippen LogP) is 2.26. The maximum atomic E-state index is 11.2. The van der Waals surface area contributed by atoms with Crippen molar-refractivity contribution < 1.29 is 4.79 Å². The summed E-state index contributed by atoms with van der Waals surface area (Å²) in [4.78, 5) is 11.2. The van der Waals surface area contributed by atoms with E-state index in [-0.39, 0.29) is 6.03 Å². The van der Waals surface area contributed by atoms with Gasteiger partial charge >= 0.3 is 6.03 Å². The molecule has 0 heterocycles. The Balaban J connectivity index is 1.81. The van der Waals surface area contributed by atoms with E-state index in [0.717, 1.165) is 23.7 Å². The molecule has 3 N–H and O–H groups in total. The second kappa shape index (κ2) is 3.94. The average molecular weight is 222 g/mol. The van der Waals surface area contributed by atoms with Crippen molar-refractivity contribution in [2.75, 3.05) is 0 Å². The van der Waals surface area contributed by atoms with Crippen LogP contribution in [0.15, 0.2) is 0 Å². The third kappa shape index (κ3) is 1.61. The third-order valence-electron chi connectivity index (χ3n) is 5.27. The Hall–Kier alpha value is -0.730. The van der Waals surface area contributed by atoms with Crippen LogP contribution in [0.5, 0.6) is 0 Å². The lowest BCUT2D eigenvalue weighted by Crippen LogP contribution is -2.52. The van der Waals surface area contributed by atoms with Crippen molar-refractivity contribution in [1.82, 2.24) is 5.32 Å². The van der Waals surface area contributed by atoms with E-state index < -0.39 is 0 Å². The van der Waals surface area contributed by atoms with E-state index >= 15 is 0 Å². The molecule has 3 rings (SSSR count). The van der Waals surface area contributed by atoms with Gasteiger partial charge in [-0.05, 0) is 42.9 Å². The molecule has 0 aliphatic heterocycles. The molecule has 90 valence electrons. The van der Waals surface area contributed by atoms with E-state index in [1.54, 1.807) is 0 Å². The fraction of sp³-hybridized carbons (Fsp3) is 0.923. The summed E-state index contributed by atoms with van der Waals surface area (Å²) in [6.45, 7) is 0. The van der Waals surface area contributed by atoms with Gasteiger partial charge in [0.25, 0.3) is 0 Å². The normalized spacial score (nSPS) is 46.1. The Kier molecular flexibility index (Phi) is 2.56. The number of rotatable bonds is 1. The number of carbonyl (C=O) groups is 1. The Morgan fingerprint density at radius 2 is 1.56 bits per heavy atom. The fourth-order valence-electron chi connectivity index (χ4n) is 4.75. The minimum absolute atomic E-state index is 0.316. The first-order chi connectivity index (χ1) is 7.75. The number of nitrogens with one attached hydrogen (secondary N) is 1. The zero-order valence-electron chi connectivity index (χ0n) is 9.82. The van der Waals surface area contributed by atoms with E-state index in [2.05, 4.69) is 5.32 Å². The van der Waals surface area contributed by atoms with Crippen LogP contribution in [-0.2, 0) is 0 Å². The van der Waals surface area contributed by atoms with Crippen molar-refractivity contribution in [2.24, 2.45) is 29.4 Å². The molecule has 0 bridgehead atoms. The molecule has 3 aliphatic carbocycles. The lowest BCUT2D eigenvalue weighted by atomic mass is 9.67. The molecule has 2 amide bonds. The van der Waals surface area contributed by atoms with Gasteiger partial charge in [-0.3, -0.25) is 0 Å². The first-order valence-electron chi connectivity index (χ1n) is 6.81. The van der Waals surface area contributed by atoms with Crippen molar-refractivity contribution in [1.29, 1.82) is 0 Å². The number of hydrogen-bond donors (Lipinski definition) is 2. The number of nitrogens with two attached hydrogens (primary N) is 1. The highest BCUT2D eigenvalue weighted by Crippen LogP contribution is 2.52. The number of carbonyl (C=O) groups excluding carboxylic acids is 1. The summed E-state index contributed by atoms with van der Waals surface area (Å²) in [5.74, 6) is 3.20. The molecule has 3 nitrogen and oxygen atoms in total. The fourth-order valence-corrected chi connectivity index (χ4v) is 4.75. The molecular weight excluding hydrogens is 200 g/mol. The number of fused-ring (bicyclic) bond motifs is 2. The van der Waals surface area contributed by atoms with Gasteiger partial charge in [0, 0.05) is 6.04 Å². The third-order valence-corrected chi connectivity index (χ3v) is 5.27. The molecule has 16 heavy (non-hydrogen) atoms. The average Bonchev–Trinajstić information content (AvgIpc) is 2.83. The van der Waals surface area contributed by atoms with Crippen molar-refractivity contribution >= 4 is 6.03 Å². The van der Waals surface area contributed by atoms with Gasteiger partial charge in [-0.1, -0.05) is 25.7 Å². The van der Waals surface area contributed by atoms with Gasteiger partial charge in [-0.25, -0.2) is 4.79 Å². The van der Waals surface area contributed by atoms with Gasteiger partial charge in [-0.15, -0.1) is 0 Å². The summed E-state index contributed by atoms with van der Waals surface area (Å²) in [5.41, 5.74) is 5.34. The van der Waals surface area contributed by atoms with Crippen LogP contribution in [0.4, 0.5) is 4.79 Å². The van der Waals surface area contributed by atoms with Gasteiger partial charge in [0.05, 0.1) is 0 Å². The molecule has 4 atom stereocenters. The number of primary amides is 1. The van der Waals surface area contributed by atoms with E-state index in [9.17, 15) is 4.79 Å². The molecule has 3 saturated carbocycles. The SMILES string of the molecule is NC(=O)NC1C2CCCC2CC2CCCC21. The van der Waals surface area contributed by atoms with E-state index in [4.69, 9.17) is 5.73 Å². The lowest BCUT2D eigenvalue weighted by molar-refractivity contribution is 0.106. The second-order valence-corrected chi connectivity index (χ2v) is 5.98. The smallest absolute Gasteiger partial charge is 0.312 e. The number of urea groups is 1. The van der Waals surface area contributed by atoms with Crippen molar-refractivity contribution in [2.45, 2.75) is 51.0 Å². The molecule has 3 fully saturated rings. The van der Waals surface area contributed by atoms with Gasteiger partial charge in [0.1, 0.15) is 0 Å². The molecule has 0 aromatic heterocycles. The van der Waals surface area contributed by atoms with Gasteiger partial charge in [0.2, 0.25) is 0 Å². The maximum absolute atomic E-state index is 11.2. The molecule has 0 radical (unpaired) electrons. The second-order valence-electron chi connectivity index (χ2n) is 5.98. The molecular formula is C13H22N2O. The Labute approximate surface area is 97.2 Å². The number of amides is 2. The van der Waals surface area contributed by atoms with Gasteiger partial charge in [0.15, 0.2) is 0 Å². The molecule has 0 saturated heterocycles. The Morgan fingerprint density at radius 3 is 2.06 bits per heavy atom. The number of hydrogen-bond acceptors (Lipinski definition) is 1. The van der Waals surface area contributed by atoms with Crippen molar-refractivity contribution in [3.05, 3.63) is 0 Å². The quantitative estimate of drug-likeness (QED) is 0.702. The summed E-state index contributed by atoms with van der Waals surface area (Å²) >= 11 is 0. The van der Waals surface area contributed by atoms with Crippen LogP contribution >= 0.6 is 0 Å². The highest BCUT2D eigenvalue weighted by Gasteiger charge is 2.48. The highest BCUT2D eigenvalue weighted by molar-refractivity contribution is 5.72. The van der Waals surface area contributed by atoms with Crippen LogP contribution < -0.4 is 11.1 Å². The first-order valence-corrected chi connectivity index (χ1v) is 6.81. The van der Waals surface area contributed by atoms with Gasteiger partial charge < -0.3 is 11.1 Å². The Morgan fingerprint density at radius 1 is 1.00 bits per heavy atom. The summed E-state index contributed by atoms with van der Waals surface area (Å²) in [7, 11) is 0.